The molecule has 0 saturated heterocycles. The van der Waals surface area contributed by atoms with Gasteiger partial charge in [0.1, 0.15) is 0 Å². The van der Waals surface area contributed by atoms with Crippen LogP contribution in [0.2, 0.25) is 0 Å². The maximum atomic E-state index is 11.6. The minimum atomic E-state index is -1.08. The van der Waals surface area contributed by atoms with Gasteiger partial charge in [0, 0.05) is 44.5 Å². The van der Waals surface area contributed by atoms with Gasteiger partial charge < -0.3 is 10.4 Å². The SMILES string of the molecule is Cn1cc(CNC(=O)CCn2ccc(C(=O)O)n2)cn1. The lowest BCUT2D eigenvalue weighted by Crippen LogP contribution is -2.23. The Hall–Kier alpha value is -2.64. The first-order chi connectivity index (χ1) is 9.54. The van der Waals surface area contributed by atoms with Crippen molar-refractivity contribution in [2.45, 2.75) is 19.5 Å². The Morgan fingerprint density at radius 3 is 2.85 bits per heavy atom. The van der Waals surface area contributed by atoms with Gasteiger partial charge in [-0.1, -0.05) is 0 Å². The summed E-state index contributed by atoms with van der Waals surface area (Å²) in [4.78, 5) is 22.3. The number of hydrogen-bond acceptors (Lipinski definition) is 4. The van der Waals surface area contributed by atoms with E-state index in [1.54, 1.807) is 10.9 Å². The molecule has 8 heteroatoms. The second kappa shape index (κ2) is 6.00. The Morgan fingerprint density at radius 2 is 2.25 bits per heavy atom. The van der Waals surface area contributed by atoms with E-state index in [0.29, 0.717) is 13.1 Å². The smallest absolute Gasteiger partial charge is 0.356 e. The summed E-state index contributed by atoms with van der Waals surface area (Å²) < 4.78 is 3.10. The minimum Gasteiger partial charge on any atom is -0.476 e. The van der Waals surface area contributed by atoms with Crippen LogP contribution in [0.5, 0.6) is 0 Å². The highest BCUT2D eigenvalue weighted by atomic mass is 16.4. The number of aromatic carboxylic acids is 1. The predicted molar refractivity (Wildman–Crippen MR) is 68.9 cm³/mol. The molecule has 2 rings (SSSR count). The van der Waals surface area contributed by atoms with Crippen LogP contribution >= 0.6 is 0 Å². The molecule has 0 aliphatic rings. The van der Waals surface area contributed by atoms with Crippen LogP contribution in [0.15, 0.2) is 24.7 Å². The van der Waals surface area contributed by atoms with Gasteiger partial charge in [-0.3, -0.25) is 14.2 Å². The Balaban J connectivity index is 1.75. The third kappa shape index (κ3) is 3.67. The van der Waals surface area contributed by atoms with Gasteiger partial charge in [0.2, 0.25) is 5.91 Å². The molecule has 20 heavy (non-hydrogen) atoms. The molecule has 106 valence electrons. The second-order valence-corrected chi connectivity index (χ2v) is 4.32. The zero-order valence-corrected chi connectivity index (χ0v) is 11.0. The van der Waals surface area contributed by atoms with Crippen molar-refractivity contribution in [1.82, 2.24) is 24.9 Å². The largest absolute Gasteiger partial charge is 0.476 e. The number of aromatic nitrogens is 4. The molecular weight excluding hydrogens is 262 g/mol. The summed E-state index contributed by atoms with van der Waals surface area (Å²) in [6.07, 6.45) is 5.29. The molecule has 0 bridgehead atoms. The summed E-state index contributed by atoms with van der Waals surface area (Å²) in [6, 6.07) is 1.40. The maximum Gasteiger partial charge on any atom is 0.356 e. The maximum absolute atomic E-state index is 11.6. The first-order valence-corrected chi connectivity index (χ1v) is 6.05. The summed E-state index contributed by atoms with van der Waals surface area (Å²) in [6.45, 7) is 0.762. The standard InChI is InChI=1S/C12H15N5O3/c1-16-8-9(7-14-16)6-13-11(18)3-5-17-4-2-10(15-17)12(19)20/h2,4,7-8H,3,5-6H2,1H3,(H,13,18)(H,19,20). The first-order valence-electron chi connectivity index (χ1n) is 6.05. The summed E-state index contributed by atoms with van der Waals surface area (Å²) in [5.74, 6) is -1.20. The summed E-state index contributed by atoms with van der Waals surface area (Å²) in [7, 11) is 1.81. The van der Waals surface area contributed by atoms with Gasteiger partial charge in [0.05, 0.1) is 6.20 Å². The van der Waals surface area contributed by atoms with Crippen molar-refractivity contribution >= 4 is 11.9 Å². The van der Waals surface area contributed by atoms with Crippen LogP contribution in [-0.2, 0) is 24.9 Å². The number of carbonyl (C=O) groups excluding carboxylic acids is 1. The van der Waals surface area contributed by atoms with Crippen molar-refractivity contribution < 1.29 is 14.7 Å². The second-order valence-electron chi connectivity index (χ2n) is 4.32. The van der Waals surface area contributed by atoms with Crippen molar-refractivity contribution in [1.29, 1.82) is 0 Å². The molecule has 0 fully saturated rings. The summed E-state index contributed by atoms with van der Waals surface area (Å²) >= 11 is 0. The molecule has 2 heterocycles. The van der Waals surface area contributed by atoms with E-state index in [2.05, 4.69) is 15.5 Å². The predicted octanol–water partition coefficient (Wildman–Crippen LogP) is 0.0213. The van der Waals surface area contributed by atoms with E-state index in [0.717, 1.165) is 5.56 Å². The van der Waals surface area contributed by atoms with Gasteiger partial charge in [-0.15, -0.1) is 0 Å². The highest BCUT2D eigenvalue weighted by Crippen LogP contribution is 1.98. The van der Waals surface area contributed by atoms with Crippen LogP contribution in [0.25, 0.3) is 0 Å². The highest BCUT2D eigenvalue weighted by molar-refractivity contribution is 5.85. The molecule has 0 spiro atoms. The van der Waals surface area contributed by atoms with E-state index in [1.807, 2.05) is 13.2 Å². The molecule has 0 aliphatic heterocycles. The van der Waals surface area contributed by atoms with Crippen LogP contribution < -0.4 is 5.32 Å². The van der Waals surface area contributed by atoms with Gasteiger partial charge in [-0.05, 0) is 6.07 Å². The van der Waals surface area contributed by atoms with Crippen molar-refractivity contribution in [2.24, 2.45) is 7.05 Å². The lowest BCUT2D eigenvalue weighted by molar-refractivity contribution is -0.121. The van der Waals surface area contributed by atoms with Crippen LogP contribution in [0.1, 0.15) is 22.5 Å². The molecular formula is C12H15N5O3. The number of nitrogens with one attached hydrogen (secondary N) is 1. The quantitative estimate of drug-likeness (QED) is 0.775. The number of carbonyl (C=O) groups is 2. The molecule has 0 aliphatic carbocycles. The molecule has 0 atom stereocenters. The number of aryl methyl sites for hydroxylation is 2. The topological polar surface area (TPSA) is 102 Å². The lowest BCUT2D eigenvalue weighted by atomic mass is 10.3. The monoisotopic (exact) mass is 277 g/mol. The van der Waals surface area contributed by atoms with Crippen molar-refractivity contribution in [3.63, 3.8) is 0 Å². The Morgan fingerprint density at radius 1 is 1.45 bits per heavy atom. The fraction of sp³-hybridized carbons (Fsp3) is 0.333. The van der Waals surface area contributed by atoms with Crippen molar-refractivity contribution in [3.05, 3.63) is 35.9 Å². The Bertz CT molecular complexity index is 616. The van der Waals surface area contributed by atoms with Gasteiger partial charge in [-0.2, -0.15) is 10.2 Å². The van der Waals surface area contributed by atoms with E-state index in [9.17, 15) is 9.59 Å². The molecule has 0 saturated carbocycles. The van der Waals surface area contributed by atoms with Crippen LogP contribution in [-0.4, -0.2) is 36.5 Å². The van der Waals surface area contributed by atoms with Gasteiger partial charge in [0.25, 0.3) is 0 Å². The lowest BCUT2D eigenvalue weighted by Gasteiger charge is -2.03. The Labute approximate surface area is 115 Å². The zero-order valence-electron chi connectivity index (χ0n) is 11.0. The summed E-state index contributed by atoms with van der Waals surface area (Å²) in [5.41, 5.74) is 0.897. The molecule has 0 aromatic carbocycles. The van der Waals surface area contributed by atoms with E-state index in [1.165, 1.54) is 16.9 Å². The van der Waals surface area contributed by atoms with Crippen molar-refractivity contribution in [3.8, 4) is 0 Å². The third-order valence-electron chi connectivity index (χ3n) is 2.68. The molecule has 1 amide bonds. The third-order valence-corrected chi connectivity index (χ3v) is 2.68. The molecule has 0 unspecified atom stereocenters. The van der Waals surface area contributed by atoms with Crippen LogP contribution in [0, 0.1) is 0 Å². The number of nitrogens with zero attached hydrogens (tertiary/aromatic N) is 4. The van der Waals surface area contributed by atoms with E-state index >= 15 is 0 Å². The molecule has 0 radical (unpaired) electrons. The number of hydrogen-bond donors (Lipinski definition) is 2. The van der Waals surface area contributed by atoms with Gasteiger partial charge in [-0.25, -0.2) is 4.79 Å². The molecule has 8 nitrogen and oxygen atoms in total. The van der Waals surface area contributed by atoms with Crippen molar-refractivity contribution in [2.75, 3.05) is 0 Å². The Kier molecular flexibility index (Phi) is 4.14. The fourth-order valence-corrected chi connectivity index (χ4v) is 1.67. The molecule has 2 aromatic heterocycles. The highest BCUT2D eigenvalue weighted by Gasteiger charge is 2.08. The van der Waals surface area contributed by atoms with E-state index in [-0.39, 0.29) is 18.0 Å². The van der Waals surface area contributed by atoms with Crippen LogP contribution in [0.4, 0.5) is 0 Å². The van der Waals surface area contributed by atoms with E-state index < -0.39 is 5.97 Å². The normalized spacial score (nSPS) is 10.4. The van der Waals surface area contributed by atoms with Gasteiger partial charge >= 0.3 is 5.97 Å². The summed E-state index contributed by atoms with van der Waals surface area (Å²) in [5, 5.41) is 19.3. The fourth-order valence-electron chi connectivity index (χ4n) is 1.67. The average Bonchev–Trinajstić information content (AvgIpc) is 3.03. The van der Waals surface area contributed by atoms with Crippen LogP contribution in [0.3, 0.4) is 0 Å². The average molecular weight is 277 g/mol. The first kappa shape index (κ1) is 13.8. The van der Waals surface area contributed by atoms with E-state index in [4.69, 9.17) is 5.11 Å². The number of amides is 1. The number of carboxylic acid groups (broad SMARTS) is 1. The minimum absolute atomic E-state index is 0.0271. The molecule has 2 aromatic rings. The number of rotatable bonds is 6. The number of carboxylic acids is 1. The van der Waals surface area contributed by atoms with Gasteiger partial charge in [0.15, 0.2) is 5.69 Å². The zero-order chi connectivity index (χ0) is 14.5. The molecule has 2 N–H and O–H groups in total.